The van der Waals surface area contributed by atoms with E-state index in [9.17, 15) is 14.7 Å². The van der Waals surface area contributed by atoms with Crippen LogP contribution in [0.4, 0.5) is 0 Å². The average molecular weight is 368 g/mol. The molecule has 5 heteroatoms. The predicted octanol–water partition coefficient (Wildman–Crippen LogP) is 4.46. The Labute approximate surface area is 154 Å². The molecular weight excluding hydrogens is 352 g/mol. The van der Waals surface area contributed by atoms with E-state index in [1.807, 2.05) is 60.7 Å². The zero-order valence-electron chi connectivity index (χ0n) is 13.3. The maximum atomic E-state index is 12.8. The van der Waals surface area contributed by atoms with Crippen molar-refractivity contribution >= 4 is 40.8 Å². The van der Waals surface area contributed by atoms with E-state index in [0.717, 1.165) is 28.2 Å². The smallest absolute Gasteiger partial charge is 0.341 e. The molecule has 0 amide bonds. The summed E-state index contributed by atoms with van der Waals surface area (Å²) < 4.78 is 0.606. The summed E-state index contributed by atoms with van der Waals surface area (Å²) in [6.07, 6.45) is 1.44. The maximum absolute atomic E-state index is 12.8. The van der Waals surface area contributed by atoms with Crippen LogP contribution in [-0.2, 0) is 9.59 Å². The molecule has 2 aromatic rings. The molecule has 2 aromatic carbocycles. The number of rotatable bonds is 5. The Morgan fingerprint density at radius 2 is 1.32 bits per heavy atom. The van der Waals surface area contributed by atoms with Crippen molar-refractivity contribution in [3.63, 3.8) is 0 Å². The molecule has 0 atom stereocenters. The number of carbonyl (C=O) groups is 2. The first-order valence-corrected chi connectivity index (χ1v) is 9.74. The Morgan fingerprint density at radius 1 is 0.840 bits per heavy atom. The molecule has 3 rings (SSSR count). The molecule has 0 radical (unpaired) electrons. The molecule has 0 spiro atoms. The van der Waals surface area contributed by atoms with Gasteiger partial charge in [0.2, 0.25) is 0 Å². The fraction of sp³-hybridized carbons (Fsp3) is 0.100. The van der Waals surface area contributed by atoms with E-state index >= 15 is 0 Å². The van der Waals surface area contributed by atoms with E-state index in [1.165, 1.54) is 29.6 Å². The third-order valence-electron chi connectivity index (χ3n) is 3.66. The topological polar surface area (TPSA) is 54.4 Å². The molecule has 0 aliphatic carbocycles. The molecule has 3 nitrogen and oxygen atoms in total. The van der Waals surface area contributed by atoms with Crippen LogP contribution >= 0.6 is 23.5 Å². The zero-order chi connectivity index (χ0) is 17.6. The predicted molar refractivity (Wildman–Crippen MR) is 105 cm³/mol. The molecule has 0 bridgehead atoms. The first-order chi connectivity index (χ1) is 12.2. The number of carboxylic acid groups (broad SMARTS) is 1. The second-order valence-electron chi connectivity index (χ2n) is 5.32. The van der Waals surface area contributed by atoms with Gasteiger partial charge in [0, 0.05) is 11.5 Å². The van der Waals surface area contributed by atoms with Crippen molar-refractivity contribution in [2.75, 3.05) is 11.5 Å². The van der Waals surface area contributed by atoms with Crippen LogP contribution in [-0.4, -0.2) is 28.4 Å². The SMILES string of the molecule is O=C(O)C(C(=O)C=C(c1ccccc1)c1ccccc1)=C1SCCS1. The summed E-state index contributed by atoms with van der Waals surface area (Å²) in [4.78, 5) is 24.4. The van der Waals surface area contributed by atoms with Gasteiger partial charge in [0.15, 0.2) is 5.78 Å². The van der Waals surface area contributed by atoms with Crippen LogP contribution in [0, 0.1) is 0 Å². The van der Waals surface area contributed by atoms with Crippen LogP contribution in [0.3, 0.4) is 0 Å². The first kappa shape index (κ1) is 17.6. The largest absolute Gasteiger partial charge is 0.477 e. The van der Waals surface area contributed by atoms with Gasteiger partial charge in [-0.1, -0.05) is 60.7 Å². The van der Waals surface area contributed by atoms with Gasteiger partial charge in [-0.25, -0.2) is 4.79 Å². The van der Waals surface area contributed by atoms with E-state index in [1.54, 1.807) is 0 Å². The Balaban J connectivity index is 2.08. The van der Waals surface area contributed by atoms with Crippen LogP contribution < -0.4 is 0 Å². The molecule has 1 aliphatic rings. The molecule has 0 aromatic heterocycles. The lowest BCUT2D eigenvalue weighted by Gasteiger charge is -2.09. The number of carbonyl (C=O) groups excluding carboxylic acids is 1. The second-order valence-corrected chi connectivity index (χ2v) is 7.79. The van der Waals surface area contributed by atoms with Crippen LogP contribution in [0.15, 0.2) is 76.5 Å². The lowest BCUT2D eigenvalue weighted by molar-refractivity contribution is -0.134. The van der Waals surface area contributed by atoms with Crippen LogP contribution in [0.2, 0.25) is 0 Å². The normalized spacial score (nSPS) is 13.4. The number of hydrogen-bond acceptors (Lipinski definition) is 4. The van der Waals surface area contributed by atoms with Crippen molar-refractivity contribution in [1.29, 1.82) is 0 Å². The van der Waals surface area contributed by atoms with E-state index in [2.05, 4.69) is 0 Å². The molecule has 0 unspecified atom stereocenters. The summed E-state index contributed by atoms with van der Waals surface area (Å²) in [5, 5.41) is 9.52. The molecule has 25 heavy (non-hydrogen) atoms. The Kier molecular flexibility index (Phi) is 5.79. The summed E-state index contributed by atoms with van der Waals surface area (Å²) >= 11 is 2.88. The number of hydrogen-bond donors (Lipinski definition) is 1. The third-order valence-corrected chi connectivity index (χ3v) is 6.37. The van der Waals surface area contributed by atoms with Gasteiger partial charge in [0.05, 0.1) is 4.24 Å². The highest BCUT2D eigenvalue weighted by Crippen LogP contribution is 2.39. The highest BCUT2D eigenvalue weighted by Gasteiger charge is 2.25. The maximum Gasteiger partial charge on any atom is 0.341 e. The Bertz CT molecular complexity index is 790. The number of ketones is 1. The molecule has 1 aliphatic heterocycles. The van der Waals surface area contributed by atoms with E-state index in [0.29, 0.717) is 4.24 Å². The molecule has 126 valence electrons. The fourth-order valence-electron chi connectivity index (χ4n) is 2.52. The van der Waals surface area contributed by atoms with Gasteiger partial charge in [-0.2, -0.15) is 0 Å². The molecular formula is C20H16O3S2. The highest BCUT2D eigenvalue weighted by molar-refractivity contribution is 8.25. The summed E-state index contributed by atoms with van der Waals surface area (Å²) in [6.45, 7) is 0. The summed E-state index contributed by atoms with van der Waals surface area (Å²) in [6, 6.07) is 19.1. The minimum Gasteiger partial charge on any atom is -0.477 e. The van der Waals surface area contributed by atoms with E-state index < -0.39 is 11.8 Å². The van der Waals surface area contributed by atoms with Crippen LogP contribution in [0.25, 0.3) is 5.57 Å². The van der Waals surface area contributed by atoms with Gasteiger partial charge in [-0.05, 0) is 22.8 Å². The van der Waals surface area contributed by atoms with Crippen LogP contribution in [0.1, 0.15) is 11.1 Å². The number of allylic oxidation sites excluding steroid dienone is 1. The van der Waals surface area contributed by atoms with E-state index in [-0.39, 0.29) is 5.57 Å². The van der Waals surface area contributed by atoms with Crippen molar-refractivity contribution in [3.8, 4) is 0 Å². The van der Waals surface area contributed by atoms with E-state index in [4.69, 9.17) is 0 Å². The summed E-state index contributed by atoms with van der Waals surface area (Å²) in [5.41, 5.74) is 2.35. The van der Waals surface area contributed by atoms with Crippen LogP contribution in [0.5, 0.6) is 0 Å². The fourth-order valence-corrected chi connectivity index (χ4v) is 5.06. The molecule has 0 saturated carbocycles. The molecule has 1 heterocycles. The minimum atomic E-state index is -1.17. The number of thioether (sulfide) groups is 2. The van der Waals surface area contributed by atoms with Crippen molar-refractivity contribution in [1.82, 2.24) is 0 Å². The summed E-state index contributed by atoms with van der Waals surface area (Å²) in [5.74, 6) is 0.0291. The Hall–Kier alpha value is -2.24. The monoisotopic (exact) mass is 368 g/mol. The lowest BCUT2D eigenvalue weighted by atomic mass is 9.95. The highest BCUT2D eigenvalue weighted by atomic mass is 32.2. The zero-order valence-corrected chi connectivity index (χ0v) is 15.0. The Morgan fingerprint density at radius 3 is 1.76 bits per heavy atom. The molecule has 1 saturated heterocycles. The minimum absolute atomic E-state index is 0.128. The third kappa shape index (κ3) is 4.24. The second kappa shape index (κ2) is 8.23. The lowest BCUT2D eigenvalue weighted by Crippen LogP contribution is -2.12. The van der Waals surface area contributed by atoms with Gasteiger partial charge in [-0.15, -0.1) is 23.5 Å². The van der Waals surface area contributed by atoms with Crippen molar-refractivity contribution in [2.45, 2.75) is 0 Å². The van der Waals surface area contributed by atoms with Crippen molar-refractivity contribution < 1.29 is 14.7 Å². The van der Waals surface area contributed by atoms with Crippen molar-refractivity contribution in [2.24, 2.45) is 0 Å². The van der Waals surface area contributed by atoms with Gasteiger partial charge < -0.3 is 5.11 Å². The number of benzene rings is 2. The number of aliphatic carboxylic acids is 1. The quantitative estimate of drug-likeness (QED) is 0.480. The van der Waals surface area contributed by atoms with Gasteiger partial charge in [0.1, 0.15) is 5.57 Å². The average Bonchev–Trinajstić information content (AvgIpc) is 3.15. The van der Waals surface area contributed by atoms with Crippen molar-refractivity contribution in [3.05, 3.63) is 87.7 Å². The molecule has 1 N–H and O–H groups in total. The summed E-state index contributed by atoms with van der Waals surface area (Å²) in [7, 11) is 0. The van der Waals surface area contributed by atoms with Gasteiger partial charge in [-0.3, -0.25) is 4.79 Å². The standard InChI is InChI=1S/C20H16O3S2/c21-17(18(19(22)23)20-24-11-12-25-20)13-16(14-7-3-1-4-8-14)15-9-5-2-6-10-15/h1-10,13H,11-12H2,(H,22,23). The van der Waals surface area contributed by atoms with Gasteiger partial charge >= 0.3 is 5.97 Å². The molecule has 1 fully saturated rings. The number of carboxylic acids is 1. The first-order valence-electron chi connectivity index (χ1n) is 7.77. The van der Waals surface area contributed by atoms with Gasteiger partial charge in [0.25, 0.3) is 0 Å².